The molecule has 0 radical (unpaired) electrons. The van der Waals surface area contributed by atoms with Gasteiger partial charge in [0.15, 0.2) is 0 Å². The molecule has 0 unspecified atom stereocenters. The molecule has 0 saturated carbocycles. The Morgan fingerprint density at radius 2 is 1.73 bits per heavy atom. The molecule has 0 amide bonds. The van der Waals surface area contributed by atoms with Crippen molar-refractivity contribution in [1.82, 2.24) is 0 Å². The van der Waals surface area contributed by atoms with Crippen molar-refractivity contribution in [2.45, 2.75) is 33.6 Å². The molecule has 2 rings (SSSR count). The second kappa shape index (κ2) is 4.11. The molecule has 0 N–H and O–H groups in total. The summed E-state index contributed by atoms with van der Waals surface area (Å²) in [6.45, 7) is 8.90. The van der Waals surface area contributed by atoms with Crippen molar-refractivity contribution in [2.24, 2.45) is 0 Å². The first-order valence-electron chi connectivity index (χ1n) is 5.25. The largest absolute Gasteiger partial charge is 0.140 e. The summed E-state index contributed by atoms with van der Waals surface area (Å²) in [6.07, 6.45) is 0. The van der Waals surface area contributed by atoms with E-state index in [1.807, 2.05) is 22.7 Å². The molecule has 0 nitrogen and oxygen atoms in total. The highest BCUT2D eigenvalue weighted by Gasteiger charge is 2.13. The molecule has 0 aliphatic rings. The maximum atomic E-state index is 2.33. The monoisotopic (exact) mass is 236 g/mol. The van der Waals surface area contributed by atoms with Crippen LogP contribution >= 0.6 is 22.7 Å². The predicted octanol–water partition coefficient (Wildman–Crippen LogP) is 5.22. The average molecular weight is 236 g/mol. The van der Waals surface area contributed by atoms with Crippen molar-refractivity contribution in [3.05, 3.63) is 33.5 Å². The van der Waals surface area contributed by atoms with E-state index in [1.165, 1.54) is 25.1 Å². The van der Waals surface area contributed by atoms with Crippen LogP contribution in [0.1, 0.15) is 35.1 Å². The molecule has 0 saturated heterocycles. The summed E-state index contributed by atoms with van der Waals surface area (Å²) in [7, 11) is 0. The Morgan fingerprint density at radius 3 is 2.27 bits per heavy atom. The SMILES string of the molecule is Cc1ccc(-c2sc(C)cc2C(C)C)s1. The minimum Gasteiger partial charge on any atom is -0.140 e. The van der Waals surface area contributed by atoms with Crippen LogP contribution in [0.5, 0.6) is 0 Å². The van der Waals surface area contributed by atoms with Gasteiger partial charge >= 0.3 is 0 Å². The Bertz CT molecular complexity index is 461. The topological polar surface area (TPSA) is 0 Å². The van der Waals surface area contributed by atoms with Gasteiger partial charge in [-0.25, -0.2) is 0 Å². The minimum atomic E-state index is 0.618. The van der Waals surface area contributed by atoms with Crippen molar-refractivity contribution in [3.63, 3.8) is 0 Å². The summed E-state index contributed by atoms with van der Waals surface area (Å²) >= 11 is 3.82. The summed E-state index contributed by atoms with van der Waals surface area (Å²) in [5.41, 5.74) is 1.50. The molecule has 0 bridgehead atoms. The van der Waals surface area contributed by atoms with Crippen LogP contribution in [0.25, 0.3) is 9.75 Å². The standard InChI is InChI=1S/C13H16S2/c1-8(2)11-7-10(4)15-13(11)12-6-5-9(3)14-12/h5-8H,1-4H3. The summed E-state index contributed by atoms with van der Waals surface area (Å²) in [4.78, 5) is 5.71. The van der Waals surface area contributed by atoms with Crippen molar-refractivity contribution < 1.29 is 0 Å². The molecule has 2 aromatic rings. The molecule has 2 aromatic heterocycles. The highest BCUT2D eigenvalue weighted by Crippen LogP contribution is 2.39. The van der Waals surface area contributed by atoms with Gasteiger partial charge in [-0.2, -0.15) is 0 Å². The number of hydrogen-bond donors (Lipinski definition) is 0. The number of thiophene rings is 2. The Kier molecular flexibility index (Phi) is 2.98. The Hall–Kier alpha value is -0.600. The number of aryl methyl sites for hydroxylation is 2. The minimum absolute atomic E-state index is 0.618. The van der Waals surface area contributed by atoms with Crippen molar-refractivity contribution in [2.75, 3.05) is 0 Å². The normalized spacial score (nSPS) is 11.3. The van der Waals surface area contributed by atoms with E-state index in [0.717, 1.165) is 0 Å². The lowest BCUT2D eigenvalue weighted by atomic mass is 10.0. The van der Waals surface area contributed by atoms with Crippen LogP contribution in [-0.2, 0) is 0 Å². The molecule has 0 atom stereocenters. The van der Waals surface area contributed by atoms with E-state index in [9.17, 15) is 0 Å². The first-order chi connectivity index (χ1) is 7.08. The molecular weight excluding hydrogens is 220 g/mol. The van der Waals surface area contributed by atoms with E-state index in [4.69, 9.17) is 0 Å². The van der Waals surface area contributed by atoms with Crippen LogP contribution in [0.2, 0.25) is 0 Å². The quantitative estimate of drug-likeness (QED) is 0.671. The van der Waals surface area contributed by atoms with Crippen molar-refractivity contribution in [3.8, 4) is 9.75 Å². The van der Waals surface area contributed by atoms with Crippen LogP contribution in [-0.4, -0.2) is 0 Å². The Labute approximate surface area is 99.6 Å². The second-order valence-electron chi connectivity index (χ2n) is 4.21. The maximum Gasteiger partial charge on any atom is 0.0480 e. The molecule has 0 aliphatic heterocycles. The van der Waals surface area contributed by atoms with Crippen LogP contribution < -0.4 is 0 Å². The van der Waals surface area contributed by atoms with Gasteiger partial charge in [0.05, 0.1) is 0 Å². The summed E-state index contributed by atoms with van der Waals surface area (Å²) in [5, 5.41) is 0. The van der Waals surface area contributed by atoms with Gasteiger partial charge in [-0.05, 0) is 43.5 Å². The lowest BCUT2D eigenvalue weighted by molar-refractivity contribution is 0.873. The van der Waals surface area contributed by atoms with Gasteiger partial charge in [0, 0.05) is 19.5 Å². The molecule has 0 aromatic carbocycles. The van der Waals surface area contributed by atoms with Gasteiger partial charge < -0.3 is 0 Å². The third kappa shape index (κ3) is 2.16. The zero-order valence-electron chi connectivity index (χ0n) is 9.63. The lowest BCUT2D eigenvalue weighted by Crippen LogP contribution is -1.84. The molecule has 15 heavy (non-hydrogen) atoms. The highest BCUT2D eigenvalue weighted by molar-refractivity contribution is 7.22. The van der Waals surface area contributed by atoms with Crippen LogP contribution in [0.15, 0.2) is 18.2 Å². The van der Waals surface area contributed by atoms with Gasteiger partial charge in [0.25, 0.3) is 0 Å². The number of rotatable bonds is 2. The Balaban J connectivity index is 2.52. The summed E-state index contributed by atoms with van der Waals surface area (Å²) < 4.78 is 0. The highest BCUT2D eigenvalue weighted by atomic mass is 32.1. The fourth-order valence-corrected chi connectivity index (χ4v) is 3.88. The first-order valence-corrected chi connectivity index (χ1v) is 6.88. The molecule has 80 valence electrons. The second-order valence-corrected chi connectivity index (χ2v) is 6.75. The van der Waals surface area contributed by atoms with E-state index < -0.39 is 0 Å². The van der Waals surface area contributed by atoms with E-state index >= 15 is 0 Å². The van der Waals surface area contributed by atoms with E-state index in [0.29, 0.717) is 5.92 Å². The third-order valence-corrected chi connectivity index (χ3v) is 4.72. The first kappa shape index (κ1) is 10.9. The zero-order valence-corrected chi connectivity index (χ0v) is 11.3. The van der Waals surface area contributed by atoms with Crippen LogP contribution in [0.3, 0.4) is 0 Å². The fraction of sp³-hybridized carbons (Fsp3) is 0.385. The lowest BCUT2D eigenvalue weighted by Gasteiger charge is -2.04. The average Bonchev–Trinajstić information content (AvgIpc) is 2.71. The Morgan fingerprint density at radius 1 is 1.00 bits per heavy atom. The predicted molar refractivity (Wildman–Crippen MR) is 71.2 cm³/mol. The smallest absolute Gasteiger partial charge is 0.0480 e. The molecule has 0 spiro atoms. The molecule has 0 fully saturated rings. The van der Waals surface area contributed by atoms with Crippen molar-refractivity contribution in [1.29, 1.82) is 0 Å². The summed E-state index contributed by atoms with van der Waals surface area (Å²) in [6, 6.07) is 6.79. The summed E-state index contributed by atoms with van der Waals surface area (Å²) in [5.74, 6) is 0.618. The molecular formula is C13H16S2. The maximum absolute atomic E-state index is 2.33. The van der Waals surface area contributed by atoms with Gasteiger partial charge in [-0.15, -0.1) is 22.7 Å². The fourth-order valence-electron chi connectivity index (χ4n) is 1.71. The van der Waals surface area contributed by atoms with Gasteiger partial charge in [0.2, 0.25) is 0 Å². The zero-order chi connectivity index (χ0) is 11.0. The van der Waals surface area contributed by atoms with Crippen LogP contribution in [0.4, 0.5) is 0 Å². The third-order valence-electron chi connectivity index (χ3n) is 2.47. The molecule has 0 aliphatic carbocycles. The van der Waals surface area contributed by atoms with E-state index in [1.54, 1.807) is 0 Å². The number of hydrogen-bond acceptors (Lipinski definition) is 2. The van der Waals surface area contributed by atoms with E-state index in [-0.39, 0.29) is 0 Å². The van der Waals surface area contributed by atoms with E-state index in [2.05, 4.69) is 45.9 Å². The van der Waals surface area contributed by atoms with Crippen molar-refractivity contribution >= 4 is 22.7 Å². The molecule has 2 heteroatoms. The van der Waals surface area contributed by atoms with Gasteiger partial charge in [0.1, 0.15) is 0 Å². The van der Waals surface area contributed by atoms with Gasteiger partial charge in [-0.1, -0.05) is 13.8 Å². The van der Waals surface area contributed by atoms with Gasteiger partial charge in [-0.3, -0.25) is 0 Å². The van der Waals surface area contributed by atoms with Crippen LogP contribution in [0, 0.1) is 13.8 Å². The molecule has 2 heterocycles.